The first-order valence-corrected chi connectivity index (χ1v) is 10.2. The van der Waals surface area contributed by atoms with Crippen LogP contribution in [0.25, 0.3) is 0 Å². The smallest absolute Gasteiger partial charge is 0.194 e. The second-order valence-corrected chi connectivity index (χ2v) is 8.08. The van der Waals surface area contributed by atoms with Gasteiger partial charge in [-0.1, -0.05) is 0 Å². The van der Waals surface area contributed by atoms with Crippen LogP contribution in [0.1, 0.15) is 6.92 Å². The van der Waals surface area contributed by atoms with Crippen molar-refractivity contribution in [3.05, 3.63) is 30.1 Å². The van der Waals surface area contributed by atoms with Crippen LogP contribution in [-0.4, -0.2) is 70.6 Å². The van der Waals surface area contributed by atoms with E-state index < -0.39 is 9.84 Å². The molecule has 25 heavy (non-hydrogen) atoms. The number of hydrogen-bond donors (Lipinski definition) is 1. The lowest BCUT2D eigenvalue weighted by molar-refractivity contribution is 0.373. The average molecular weight is 484 g/mol. The minimum absolute atomic E-state index is 0. The maximum Gasteiger partial charge on any atom is 0.194 e. The molecular weight excluding hydrogens is 458 g/mol. The van der Waals surface area contributed by atoms with Crippen molar-refractivity contribution in [3.8, 4) is 0 Å². The summed E-state index contributed by atoms with van der Waals surface area (Å²) in [5.41, 5.74) is 1.01. The van der Waals surface area contributed by atoms with Gasteiger partial charge in [0.1, 0.15) is 15.7 Å². The first-order valence-electron chi connectivity index (χ1n) is 8.10. The maximum atomic E-state index is 13.0. The largest absolute Gasteiger partial charge is 0.368 e. The predicted molar refractivity (Wildman–Crippen MR) is 111 cm³/mol. The quantitative estimate of drug-likeness (QED) is 0.391. The zero-order valence-corrected chi connectivity index (χ0v) is 17.8. The van der Waals surface area contributed by atoms with Crippen molar-refractivity contribution in [1.29, 1.82) is 0 Å². The minimum atomic E-state index is -3.01. The number of sulfone groups is 1. The summed E-state index contributed by atoms with van der Waals surface area (Å²) in [6, 6.07) is 6.52. The monoisotopic (exact) mass is 484 g/mol. The second-order valence-electron chi connectivity index (χ2n) is 5.82. The number of piperazine rings is 1. The molecule has 1 aromatic rings. The number of nitrogens with zero attached hydrogens (tertiary/aromatic N) is 3. The Labute approximate surface area is 166 Å². The molecule has 1 fully saturated rings. The molecule has 2 rings (SSSR count). The number of rotatable bonds is 5. The van der Waals surface area contributed by atoms with Crippen LogP contribution < -0.4 is 10.2 Å². The van der Waals surface area contributed by atoms with Gasteiger partial charge in [0.2, 0.25) is 0 Å². The fourth-order valence-corrected chi connectivity index (χ4v) is 2.99. The number of anilines is 1. The number of guanidine groups is 1. The Bertz CT molecular complexity index is 659. The molecule has 1 heterocycles. The molecule has 0 atom stereocenters. The average Bonchev–Trinajstić information content (AvgIpc) is 2.54. The van der Waals surface area contributed by atoms with Gasteiger partial charge in [-0.3, -0.25) is 4.99 Å². The van der Waals surface area contributed by atoms with E-state index in [1.54, 1.807) is 12.1 Å². The molecule has 1 aliphatic rings. The van der Waals surface area contributed by atoms with E-state index in [9.17, 15) is 12.8 Å². The van der Waals surface area contributed by atoms with E-state index in [-0.39, 0.29) is 42.1 Å². The van der Waals surface area contributed by atoms with Crippen LogP contribution in [0.4, 0.5) is 10.1 Å². The van der Waals surface area contributed by atoms with E-state index in [4.69, 9.17) is 0 Å². The van der Waals surface area contributed by atoms with Gasteiger partial charge in [0.25, 0.3) is 0 Å². The van der Waals surface area contributed by atoms with Crippen molar-refractivity contribution in [2.24, 2.45) is 4.99 Å². The first-order chi connectivity index (χ1) is 11.4. The molecule has 0 saturated carbocycles. The van der Waals surface area contributed by atoms with Crippen LogP contribution in [0.15, 0.2) is 29.3 Å². The molecule has 1 aromatic carbocycles. The van der Waals surface area contributed by atoms with Crippen molar-refractivity contribution < 1.29 is 12.8 Å². The molecule has 0 unspecified atom stereocenters. The fourth-order valence-electron chi connectivity index (χ4n) is 2.57. The second kappa shape index (κ2) is 10.1. The van der Waals surface area contributed by atoms with Crippen LogP contribution in [-0.2, 0) is 9.84 Å². The van der Waals surface area contributed by atoms with Crippen LogP contribution in [0, 0.1) is 5.82 Å². The lowest BCUT2D eigenvalue weighted by Gasteiger charge is -2.37. The number of halogens is 2. The number of nitrogens with one attached hydrogen (secondary N) is 1. The summed E-state index contributed by atoms with van der Waals surface area (Å²) in [6.07, 6.45) is 1.22. The lowest BCUT2D eigenvalue weighted by Crippen LogP contribution is -2.52. The van der Waals surface area contributed by atoms with Crippen molar-refractivity contribution >= 4 is 45.5 Å². The molecular formula is C16H26FIN4O2S. The zero-order valence-electron chi connectivity index (χ0n) is 14.6. The summed E-state index contributed by atoms with van der Waals surface area (Å²) in [4.78, 5) is 8.75. The van der Waals surface area contributed by atoms with Crippen molar-refractivity contribution in [1.82, 2.24) is 10.2 Å². The van der Waals surface area contributed by atoms with Crippen molar-refractivity contribution in [2.75, 3.05) is 56.2 Å². The Morgan fingerprint density at radius 2 is 1.80 bits per heavy atom. The summed E-state index contributed by atoms with van der Waals surface area (Å²) >= 11 is 0. The van der Waals surface area contributed by atoms with E-state index in [1.807, 2.05) is 6.92 Å². The molecule has 1 aliphatic heterocycles. The van der Waals surface area contributed by atoms with Crippen LogP contribution in [0.3, 0.4) is 0 Å². The number of benzene rings is 1. The van der Waals surface area contributed by atoms with Gasteiger partial charge in [-0.25, -0.2) is 12.8 Å². The molecule has 6 nitrogen and oxygen atoms in total. The third-order valence-corrected chi connectivity index (χ3v) is 4.75. The summed E-state index contributed by atoms with van der Waals surface area (Å²) in [5, 5.41) is 3.21. The zero-order chi connectivity index (χ0) is 17.6. The Hall–Kier alpha value is -1.10. The van der Waals surface area contributed by atoms with Gasteiger partial charge >= 0.3 is 0 Å². The highest BCUT2D eigenvalue weighted by molar-refractivity contribution is 14.0. The van der Waals surface area contributed by atoms with Crippen LogP contribution in [0.2, 0.25) is 0 Å². The number of aliphatic imine (C=N–C) groups is 1. The molecule has 0 aliphatic carbocycles. The summed E-state index contributed by atoms with van der Waals surface area (Å²) in [5.74, 6) is 0.571. The maximum absolute atomic E-state index is 13.0. The van der Waals surface area contributed by atoms with E-state index in [2.05, 4.69) is 20.1 Å². The van der Waals surface area contributed by atoms with E-state index in [0.717, 1.165) is 44.4 Å². The van der Waals surface area contributed by atoms with Gasteiger partial charge in [-0.2, -0.15) is 0 Å². The Kier molecular flexibility index (Phi) is 8.91. The normalized spacial score (nSPS) is 15.7. The van der Waals surface area contributed by atoms with Gasteiger partial charge in [0.15, 0.2) is 5.96 Å². The highest BCUT2D eigenvalue weighted by Crippen LogP contribution is 2.16. The van der Waals surface area contributed by atoms with Crippen molar-refractivity contribution in [3.63, 3.8) is 0 Å². The fraction of sp³-hybridized carbons (Fsp3) is 0.562. The molecule has 1 saturated heterocycles. The van der Waals surface area contributed by atoms with Gasteiger partial charge in [0, 0.05) is 44.7 Å². The molecule has 0 radical (unpaired) electrons. The topological polar surface area (TPSA) is 65.0 Å². The van der Waals surface area contributed by atoms with Crippen molar-refractivity contribution in [2.45, 2.75) is 6.92 Å². The van der Waals surface area contributed by atoms with E-state index >= 15 is 0 Å². The summed E-state index contributed by atoms with van der Waals surface area (Å²) in [7, 11) is -3.01. The Morgan fingerprint density at radius 1 is 1.20 bits per heavy atom. The van der Waals surface area contributed by atoms with Gasteiger partial charge in [-0.05, 0) is 31.2 Å². The van der Waals surface area contributed by atoms with Gasteiger partial charge < -0.3 is 15.1 Å². The highest BCUT2D eigenvalue weighted by atomic mass is 127. The molecule has 0 aromatic heterocycles. The molecule has 0 spiro atoms. The summed E-state index contributed by atoms with van der Waals surface area (Å²) < 4.78 is 35.5. The van der Waals surface area contributed by atoms with Gasteiger partial charge in [-0.15, -0.1) is 24.0 Å². The Morgan fingerprint density at radius 3 is 2.32 bits per heavy atom. The third kappa shape index (κ3) is 7.35. The first kappa shape index (κ1) is 21.9. The van der Waals surface area contributed by atoms with Crippen LogP contribution >= 0.6 is 24.0 Å². The molecule has 1 N–H and O–H groups in total. The molecule has 142 valence electrons. The summed E-state index contributed by atoms with van der Waals surface area (Å²) in [6.45, 7) is 6.16. The minimum Gasteiger partial charge on any atom is -0.368 e. The third-order valence-electron chi connectivity index (χ3n) is 3.83. The molecule has 0 amide bonds. The Balaban J connectivity index is 0.00000312. The standard InChI is InChI=1S/C16H25FN4O2S.HI/c1-3-18-16(19-8-13-24(2,22)23)21-11-9-20(10-12-21)15-6-4-14(17)5-7-15;/h4-7H,3,8-13H2,1-2H3,(H,18,19);1H. The lowest BCUT2D eigenvalue weighted by atomic mass is 10.2. The SMILES string of the molecule is CCNC(=NCCS(C)(=O)=O)N1CCN(c2ccc(F)cc2)CC1.I. The van der Waals surface area contributed by atoms with E-state index in [1.165, 1.54) is 18.4 Å². The molecule has 0 bridgehead atoms. The number of hydrogen-bond acceptors (Lipinski definition) is 4. The highest BCUT2D eigenvalue weighted by Gasteiger charge is 2.19. The van der Waals surface area contributed by atoms with Gasteiger partial charge in [0.05, 0.1) is 12.3 Å². The molecule has 9 heteroatoms. The van der Waals surface area contributed by atoms with Crippen LogP contribution in [0.5, 0.6) is 0 Å². The predicted octanol–water partition coefficient (Wildman–Crippen LogP) is 1.58. The van der Waals surface area contributed by atoms with E-state index in [0.29, 0.717) is 0 Å².